The standard InChI is InChI=1S/C17H29N3O/c1-15(2)11-13-20-17(18-3)19-12-7-8-14-21-16-9-5-4-6-10-16/h4-6,9-10,15H,7-8,11-14H2,1-3H3,(H2,18,19,20). The van der Waals surface area contributed by atoms with Crippen molar-refractivity contribution < 1.29 is 4.74 Å². The average molecular weight is 291 g/mol. The topological polar surface area (TPSA) is 45.7 Å². The molecule has 0 saturated heterocycles. The van der Waals surface area contributed by atoms with Gasteiger partial charge in [-0.25, -0.2) is 0 Å². The molecule has 0 aliphatic rings. The molecule has 0 bridgehead atoms. The van der Waals surface area contributed by atoms with E-state index in [1.165, 1.54) is 0 Å². The Bertz CT molecular complexity index is 390. The fraction of sp³-hybridized carbons (Fsp3) is 0.588. The monoisotopic (exact) mass is 291 g/mol. The molecule has 0 radical (unpaired) electrons. The second-order valence-electron chi connectivity index (χ2n) is 5.48. The van der Waals surface area contributed by atoms with Crippen molar-refractivity contribution in [1.82, 2.24) is 10.6 Å². The lowest BCUT2D eigenvalue weighted by molar-refractivity contribution is 0.307. The highest BCUT2D eigenvalue weighted by molar-refractivity contribution is 5.79. The summed E-state index contributed by atoms with van der Waals surface area (Å²) in [5, 5.41) is 6.65. The normalized spacial score (nSPS) is 11.5. The van der Waals surface area contributed by atoms with Gasteiger partial charge in [-0.05, 0) is 37.3 Å². The Kier molecular flexibility index (Phi) is 9.09. The van der Waals surface area contributed by atoms with Crippen molar-refractivity contribution in [2.75, 3.05) is 26.7 Å². The molecule has 0 aliphatic heterocycles. The Morgan fingerprint density at radius 2 is 1.81 bits per heavy atom. The molecular formula is C17H29N3O. The van der Waals surface area contributed by atoms with Crippen LogP contribution in [0.4, 0.5) is 0 Å². The Balaban J connectivity index is 2.02. The number of aliphatic imine (C=N–C) groups is 1. The number of hydrogen-bond donors (Lipinski definition) is 2. The highest BCUT2D eigenvalue weighted by Crippen LogP contribution is 2.08. The van der Waals surface area contributed by atoms with E-state index in [1.807, 2.05) is 37.4 Å². The summed E-state index contributed by atoms with van der Waals surface area (Å²) in [6.45, 7) is 7.09. The van der Waals surface area contributed by atoms with E-state index in [9.17, 15) is 0 Å². The van der Waals surface area contributed by atoms with E-state index in [1.54, 1.807) is 0 Å². The minimum absolute atomic E-state index is 0.714. The lowest BCUT2D eigenvalue weighted by atomic mass is 10.1. The SMILES string of the molecule is CN=C(NCCCCOc1ccccc1)NCCC(C)C. The molecule has 118 valence electrons. The van der Waals surface area contributed by atoms with Gasteiger partial charge < -0.3 is 15.4 Å². The summed E-state index contributed by atoms with van der Waals surface area (Å²) in [5.41, 5.74) is 0. The van der Waals surface area contributed by atoms with Gasteiger partial charge in [0.2, 0.25) is 0 Å². The maximum absolute atomic E-state index is 5.66. The van der Waals surface area contributed by atoms with Crippen molar-refractivity contribution in [2.45, 2.75) is 33.1 Å². The van der Waals surface area contributed by atoms with Gasteiger partial charge in [-0.1, -0.05) is 32.0 Å². The zero-order chi connectivity index (χ0) is 15.3. The molecule has 4 heteroatoms. The van der Waals surface area contributed by atoms with Crippen LogP contribution in [0.15, 0.2) is 35.3 Å². The van der Waals surface area contributed by atoms with Crippen molar-refractivity contribution in [3.05, 3.63) is 30.3 Å². The van der Waals surface area contributed by atoms with E-state index < -0.39 is 0 Å². The highest BCUT2D eigenvalue weighted by atomic mass is 16.5. The van der Waals surface area contributed by atoms with Crippen LogP contribution in [0.2, 0.25) is 0 Å². The third-order valence-corrected chi connectivity index (χ3v) is 3.11. The first-order valence-electron chi connectivity index (χ1n) is 7.84. The predicted octanol–water partition coefficient (Wildman–Crippen LogP) is 3.06. The molecule has 0 heterocycles. The first kappa shape index (κ1) is 17.3. The van der Waals surface area contributed by atoms with Gasteiger partial charge in [0, 0.05) is 20.1 Å². The van der Waals surface area contributed by atoms with Crippen molar-refractivity contribution in [3.63, 3.8) is 0 Å². The lowest BCUT2D eigenvalue weighted by Gasteiger charge is -2.12. The molecule has 0 aliphatic carbocycles. The number of benzene rings is 1. The Morgan fingerprint density at radius 3 is 2.48 bits per heavy atom. The van der Waals surface area contributed by atoms with Crippen molar-refractivity contribution in [3.8, 4) is 5.75 Å². The van der Waals surface area contributed by atoms with Crippen LogP contribution < -0.4 is 15.4 Å². The number of nitrogens with zero attached hydrogens (tertiary/aromatic N) is 1. The Hall–Kier alpha value is -1.71. The van der Waals surface area contributed by atoms with E-state index in [0.29, 0.717) is 5.92 Å². The summed E-state index contributed by atoms with van der Waals surface area (Å²) in [7, 11) is 1.81. The number of guanidine groups is 1. The highest BCUT2D eigenvalue weighted by Gasteiger charge is 1.98. The molecule has 2 N–H and O–H groups in total. The van der Waals surface area contributed by atoms with Gasteiger partial charge >= 0.3 is 0 Å². The number of ether oxygens (including phenoxy) is 1. The minimum atomic E-state index is 0.714. The Morgan fingerprint density at radius 1 is 1.10 bits per heavy atom. The molecule has 0 amide bonds. The molecular weight excluding hydrogens is 262 g/mol. The molecule has 21 heavy (non-hydrogen) atoms. The quantitative estimate of drug-likeness (QED) is 0.417. The molecule has 0 saturated carbocycles. The third kappa shape index (κ3) is 8.95. The van der Waals surface area contributed by atoms with Crippen LogP contribution in [-0.4, -0.2) is 32.7 Å². The van der Waals surface area contributed by atoms with Crippen LogP contribution in [0.5, 0.6) is 5.75 Å². The van der Waals surface area contributed by atoms with E-state index in [2.05, 4.69) is 29.5 Å². The predicted molar refractivity (Wildman–Crippen MR) is 90.0 cm³/mol. The fourth-order valence-electron chi connectivity index (χ4n) is 1.84. The maximum atomic E-state index is 5.66. The second-order valence-corrected chi connectivity index (χ2v) is 5.48. The van der Waals surface area contributed by atoms with E-state index >= 15 is 0 Å². The molecule has 1 aromatic carbocycles. The molecule has 1 rings (SSSR count). The van der Waals surface area contributed by atoms with Gasteiger partial charge in [0.05, 0.1) is 6.61 Å². The van der Waals surface area contributed by atoms with Crippen LogP contribution in [-0.2, 0) is 0 Å². The van der Waals surface area contributed by atoms with Crippen LogP contribution in [0, 0.1) is 5.92 Å². The summed E-state index contributed by atoms with van der Waals surface area (Å²) in [4.78, 5) is 4.21. The van der Waals surface area contributed by atoms with Crippen LogP contribution in [0.3, 0.4) is 0 Å². The zero-order valence-corrected chi connectivity index (χ0v) is 13.6. The number of hydrogen-bond acceptors (Lipinski definition) is 2. The molecule has 0 fully saturated rings. The van der Waals surface area contributed by atoms with Gasteiger partial charge in [0.15, 0.2) is 5.96 Å². The first-order chi connectivity index (χ1) is 10.2. The molecule has 4 nitrogen and oxygen atoms in total. The van der Waals surface area contributed by atoms with Gasteiger partial charge in [0.25, 0.3) is 0 Å². The molecule has 0 atom stereocenters. The summed E-state index contributed by atoms with van der Waals surface area (Å²) in [6.07, 6.45) is 3.26. The summed E-state index contributed by atoms with van der Waals surface area (Å²) >= 11 is 0. The number of para-hydroxylation sites is 1. The van der Waals surface area contributed by atoms with Crippen LogP contribution >= 0.6 is 0 Å². The summed E-state index contributed by atoms with van der Waals surface area (Å²) in [6, 6.07) is 9.94. The van der Waals surface area contributed by atoms with Gasteiger partial charge in [-0.15, -0.1) is 0 Å². The van der Waals surface area contributed by atoms with Crippen molar-refractivity contribution in [2.24, 2.45) is 10.9 Å². The van der Waals surface area contributed by atoms with Gasteiger partial charge in [-0.2, -0.15) is 0 Å². The zero-order valence-electron chi connectivity index (χ0n) is 13.6. The molecule has 1 aromatic rings. The van der Waals surface area contributed by atoms with Crippen molar-refractivity contribution in [1.29, 1.82) is 0 Å². The van der Waals surface area contributed by atoms with Crippen LogP contribution in [0.1, 0.15) is 33.1 Å². The smallest absolute Gasteiger partial charge is 0.190 e. The number of nitrogens with one attached hydrogen (secondary N) is 2. The molecule has 0 spiro atoms. The summed E-state index contributed by atoms with van der Waals surface area (Å²) < 4.78 is 5.66. The third-order valence-electron chi connectivity index (χ3n) is 3.11. The second kappa shape index (κ2) is 11.0. The number of rotatable bonds is 9. The van der Waals surface area contributed by atoms with Crippen molar-refractivity contribution >= 4 is 5.96 Å². The fourth-order valence-corrected chi connectivity index (χ4v) is 1.84. The Labute approximate surface area is 129 Å². The lowest BCUT2D eigenvalue weighted by Crippen LogP contribution is -2.38. The minimum Gasteiger partial charge on any atom is -0.494 e. The van der Waals surface area contributed by atoms with Crippen LogP contribution in [0.25, 0.3) is 0 Å². The number of unbranched alkanes of at least 4 members (excludes halogenated alkanes) is 1. The maximum Gasteiger partial charge on any atom is 0.190 e. The largest absolute Gasteiger partial charge is 0.494 e. The molecule has 0 aromatic heterocycles. The van der Waals surface area contributed by atoms with E-state index in [0.717, 1.165) is 50.7 Å². The van der Waals surface area contributed by atoms with Gasteiger partial charge in [-0.3, -0.25) is 4.99 Å². The molecule has 0 unspecified atom stereocenters. The first-order valence-corrected chi connectivity index (χ1v) is 7.84. The average Bonchev–Trinajstić information content (AvgIpc) is 2.49. The van der Waals surface area contributed by atoms with E-state index in [4.69, 9.17) is 4.74 Å². The van der Waals surface area contributed by atoms with E-state index in [-0.39, 0.29) is 0 Å². The summed E-state index contributed by atoms with van der Waals surface area (Å²) in [5.74, 6) is 2.54. The van der Waals surface area contributed by atoms with Gasteiger partial charge in [0.1, 0.15) is 5.75 Å².